The first-order chi connectivity index (χ1) is 11.5. The first-order valence-electron chi connectivity index (χ1n) is 8.60. The van der Waals surface area contributed by atoms with Gasteiger partial charge in [-0.05, 0) is 31.4 Å². The molecule has 6 nitrogen and oxygen atoms in total. The van der Waals surface area contributed by atoms with Gasteiger partial charge in [-0.1, -0.05) is 34.6 Å². The lowest BCUT2D eigenvalue weighted by Crippen LogP contribution is -2.52. The predicted molar refractivity (Wildman–Crippen MR) is 103 cm³/mol. The third kappa shape index (κ3) is 6.06. The molecule has 0 aliphatic heterocycles. The molecule has 144 valence electrons. The van der Waals surface area contributed by atoms with Gasteiger partial charge in [-0.15, -0.1) is 11.3 Å². The fourth-order valence-corrected chi connectivity index (χ4v) is 5.17. The Bertz CT molecular complexity index is 663. The van der Waals surface area contributed by atoms with Gasteiger partial charge in [0.25, 0.3) is 10.0 Å². The minimum atomic E-state index is -3.60. The number of hydrogen-bond donors (Lipinski definition) is 3. The summed E-state index contributed by atoms with van der Waals surface area (Å²) in [5.74, 6) is -0.0165. The lowest BCUT2D eigenvalue weighted by molar-refractivity contribution is -0.128. The molecule has 0 bridgehead atoms. The molecule has 1 amide bonds. The van der Waals surface area contributed by atoms with E-state index in [-0.39, 0.29) is 16.7 Å². The van der Waals surface area contributed by atoms with Crippen LogP contribution in [-0.2, 0) is 21.2 Å². The molecule has 0 spiro atoms. The molecule has 0 aliphatic rings. The van der Waals surface area contributed by atoms with Crippen molar-refractivity contribution in [1.82, 2.24) is 10.0 Å². The maximum Gasteiger partial charge on any atom is 0.250 e. The number of carbonyl (C=O) groups is 1. The van der Waals surface area contributed by atoms with E-state index in [1.54, 1.807) is 12.1 Å². The van der Waals surface area contributed by atoms with Gasteiger partial charge >= 0.3 is 0 Å². The Morgan fingerprint density at radius 2 is 1.80 bits per heavy atom. The minimum Gasteiger partial charge on any atom is -0.355 e. The molecule has 0 aromatic carbocycles. The largest absolute Gasteiger partial charge is 0.355 e. The average Bonchev–Trinajstić information content (AvgIpc) is 3.01. The van der Waals surface area contributed by atoms with E-state index >= 15 is 0 Å². The SMILES string of the molecule is CCC(CC)(CN)NS(=O)(=O)c1ccc(CCNC(=O)C(C)(C)C)s1. The molecule has 0 fully saturated rings. The van der Waals surface area contributed by atoms with Crippen molar-refractivity contribution in [2.45, 2.75) is 63.6 Å². The molecule has 0 unspecified atom stereocenters. The Hall–Kier alpha value is -0.960. The Morgan fingerprint density at radius 1 is 1.20 bits per heavy atom. The number of rotatable bonds is 9. The summed E-state index contributed by atoms with van der Waals surface area (Å²) in [4.78, 5) is 12.8. The van der Waals surface area contributed by atoms with Gasteiger partial charge in [-0.25, -0.2) is 13.1 Å². The van der Waals surface area contributed by atoms with Crippen molar-refractivity contribution in [3.63, 3.8) is 0 Å². The van der Waals surface area contributed by atoms with Crippen molar-refractivity contribution < 1.29 is 13.2 Å². The van der Waals surface area contributed by atoms with Crippen molar-refractivity contribution in [2.24, 2.45) is 11.1 Å². The highest BCUT2D eigenvalue weighted by Crippen LogP contribution is 2.25. The quantitative estimate of drug-likeness (QED) is 0.603. The maximum atomic E-state index is 12.6. The van der Waals surface area contributed by atoms with Gasteiger partial charge in [0, 0.05) is 28.9 Å². The van der Waals surface area contributed by atoms with E-state index in [4.69, 9.17) is 5.73 Å². The number of amides is 1. The van der Waals surface area contributed by atoms with Crippen LogP contribution in [0.5, 0.6) is 0 Å². The molecular weight excluding hydrogens is 358 g/mol. The van der Waals surface area contributed by atoms with Gasteiger partial charge in [0.15, 0.2) is 0 Å². The molecule has 0 atom stereocenters. The molecule has 0 aliphatic carbocycles. The maximum absolute atomic E-state index is 12.6. The molecule has 0 saturated heterocycles. The molecule has 1 rings (SSSR count). The van der Waals surface area contributed by atoms with Crippen LogP contribution in [0.4, 0.5) is 0 Å². The zero-order valence-corrected chi connectivity index (χ0v) is 17.4. The zero-order chi connectivity index (χ0) is 19.3. The van der Waals surface area contributed by atoms with Crippen LogP contribution in [0.25, 0.3) is 0 Å². The van der Waals surface area contributed by atoms with Gasteiger partial charge in [0.2, 0.25) is 5.91 Å². The van der Waals surface area contributed by atoms with E-state index in [0.29, 0.717) is 25.8 Å². The molecule has 4 N–H and O–H groups in total. The summed E-state index contributed by atoms with van der Waals surface area (Å²) in [7, 11) is -3.60. The van der Waals surface area contributed by atoms with Crippen LogP contribution >= 0.6 is 11.3 Å². The monoisotopic (exact) mass is 389 g/mol. The molecule has 8 heteroatoms. The Balaban J connectivity index is 2.75. The van der Waals surface area contributed by atoms with Crippen molar-refractivity contribution in [2.75, 3.05) is 13.1 Å². The zero-order valence-electron chi connectivity index (χ0n) is 15.8. The molecule has 0 radical (unpaired) electrons. The normalized spacial score (nSPS) is 13.0. The topological polar surface area (TPSA) is 101 Å². The van der Waals surface area contributed by atoms with Gasteiger partial charge < -0.3 is 11.1 Å². The second-order valence-corrected chi connectivity index (χ2v) is 10.4. The number of thiophene rings is 1. The molecule has 1 heterocycles. The molecule has 1 aromatic heterocycles. The average molecular weight is 390 g/mol. The molecule has 25 heavy (non-hydrogen) atoms. The van der Waals surface area contributed by atoms with Crippen LogP contribution in [0.2, 0.25) is 0 Å². The Kier molecular flexibility index (Phi) is 7.61. The fourth-order valence-electron chi connectivity index (χ4n) is 2.26. The summed E-state index contributed by atoms with van der Waals surface area (Å²) < 4.78 is 28.3. The highest BCUT2D eigenvalue weighted by molar-refractivity contribution is 7.91. The summed E-state index contributed by atoms with van der Waals surface area (Å²) in [5.41, 5.74) is 4.75. The van der Waals surface area contributed by atoms with Crippen LogP contribution < -0.4 is 15.8 Å². The summed E-state index contributed by atoms with van der Waals surface area (Å²) in [5, 5.41) is 2.87. The van der Waals surface area contributed by atoms with Crippen LogP contribution in [0.15, 0.2) is 16.3 Å². The van der Waals surface area contributed by atoms with E-state index in [1.165, 1.54) is 11.3 Å². The predicted octanol–water partition coefficient (Wildman–Crippen LogP) is 2.25. The third-order valence-electron chi connectivity index (χ3n) is 4.34. The molecule has 1 aromatic rings. The smallest absolute Gasteiger partial charge is 0.250 e. The summed E-state index contributed by atoms with van der Waals surface area (Å²) in [6, 6.07) is 3.41. The van der Waals surface area contributed by atoms with Crippen molar-refractivity contribution in [3.8, 4) is 0 Å². The van der Waals surface area contributed by atoms with Crippen molar-refractivity contribution in [1.29, 1.82) is 0 Å². The summed E-state index contributed by atoms with van der Waals surface area (Å²) in [6.07, 6.45) is 1.87. The molecular formula is C17H31N3O3S2. The number of carbonyl (C=O) groups excluding carboxylic acids is 1. The minimum absolute atomic E-state index is 0.0165. The van der Waals surface area contributed by atoms with Crippen LogP contribution in [0, 0.1) is 5.41 Å². The van der Waals surface area contributed by atoms with E-state index in [1.807, 2.05) is 34.6 Å². The Morgan fingerprint density at radius 3 is 2.28 bits per heavy atom. The number of sulfonamides is 1. The standard InChI is InChI=1S/C17H31N3O3S2/c1-6-17(7-2,12-18)20-25(22,23)14-9-8-13(24-14)10-11-19-15(21)16(3,4)5/h8-9,20H,6-7,10-12,18H2,1-5H3,(H,19,21). The van der Waals surface area contributed by atoms with Crippen LogP contribution in [0.3, 0.4) is 0 Å². The van der Waals surface area contributed by atoms with Gasteiger partial charge in [0.05, 0.1) is 0 Å². The van der Waals surface area contributed by atoms with E-state index in [0.717, 1.165) is 4.88 Å². The van der Waals surface area contributed by atoms with E-state index < -0.39 is 21.0 Å². The second kappa shape index (κ2) is 8.62. The van der Waals surface area contributed by atoms with Crippen molar-refractivity contribution >= 4 is 27.3 Å². The molecule has 0 saturated carbocycles. The lowest BCUT2D eigenvalue weighted by Gasteiger charge is -2.30. The highest BCUT2D eigenvalue weighted by Gasteiger charge is 2.31. The van der Waals surface area contributed by atoms with Crippen molar-refractivity contribution in [3.05, 3.63) is 17.0 Å². The van der Waals surface area contributed by atoms with E-state index in [2.05, 4.69) is 10.0 Å². The summed E-state index contributed by atoms with van der Waals surface area (Å²) >= 11 is 1.23. The first-order valence-corrected chi connectivity index (χ1v) is 10.9. The van der Waals surface area contributed by atoms with Crippen LogP contribution in [-0.4, -0.2) is 33.0 Å². The fraction of sp³-hybridized carbons (Fsp3) is 0.706. The van der Waals surface area contributed by atoms with Gasteiger partial charge in [-0.3, -0.25) is 4.79 Å². The lowest BCUT2D eigenvalue weighted by atomic mass is 9.95. The first kappa shape index (κ1) is 22.1. The Labute approximate surface area is 155 Å². The third-order valence-corrected chi connectivity index (χ3v) is 7.55. The van der Waals surface area contributed by atoms with Gasteiger partial charge in [0.1, 0.15) is 4.21 Å². The number of hydrogen-bond acceptors (Lipinski definition) is 5. The van der Waals surface area contributed by atoms with Crippen LogP contribution in [0.1, 0.15) is 52.3 Å². The number of nitrogens with two attached hydrogens (primary N) is 1. The van der Waals surface area contributed by atoms with E-state index in [9.17, 15) is 13.2 Å². The second-order valence-electron chi connectivity index (χ2n) is 7.27. The number of nitrogens with one attached hydrogen (secondary N) is 2. The summed E-state index contributed by atoms with van der Waals surface area (Å²) in [6.45, 7) is 10.2. The van der Waals surface area contributed by atoms with Gasteiger partial charge in [-0.2, -0.15) is 0 Å². The highest BCUT2D eigenvalue weighted by atomic mass is 32.2.